The third kappa shape index (κ3) is 3.93. The summed E-state index contributed by atoms with van der Waals surface area (Å²) in [6, 6.07) is 7.39. The number of nitrogens with zero attached hydrogens (tertiary/aromatic N) is 4. The predicted octanol–water partition coefficient (Wildman–Crippen LogP) is 1.72. The Labute approximate surface area is 164 Å². The van der Waals surface area contributed by atoms with Crippen molar-refractivity contribution < 1.29 is 9.53 Å². The molecule has 2 aliphatic rings. The maximum absolute atomic E-state index is 11.5. The van der Waals surface area contributed by atoms with Gasteiger partial charge in [0.1, 0.15) is 5.82 Å². The molecule has 1 saturated heterocycles. The van der Waals surface area contributed by atoms with Crippen LogP contribution in [0.2, 0.25) is 0 Å². The average Bonchev–Trinajstić information content (AvgIpc) is 2.73. The average molecular weight is 382 g/mol. The van der Waals surface area contributed by atoms with Crippen molar-refractivity contribution in [1.29, 1.82) is 0 Å². The summed E-state index contributed by atoms with van der Waals surface area (Å²) in [4.78, 5) is 25.9. The van der Waals surface area contributed by atoms with Gasteiger partial charge in [0.25, 0.3) is 0 Å². The first kappa shape index (κ1) is 18.6. The second-order valence-corrected chi connectivity index (χ2v) is 7.16. The van der Waals surface area contributed by atoms with Crippen LogP contribution in [0.4, 0.5) is 16.3 Å². The van der Waals surface area contributed by atoms with Gasteiger partial charge in [-0.05, 0) is 37.7 Å². The first-order valence-electron chi connectivity index (χ1n) is 9.64. The Morgan fingerprint density at radius 2 is 1.86 bits per heavy atom. The number of fused-ring (bicyclic) bond motifs is 1. The SMILES string of the molecule is CNC(=O)Nc1ccc(-c2nc3c(c(N4CCOCC4)n2)CCN(C)C3)cc1. The highest BCUT2D eigenvalue weighted by Gasteiger charge is 2.25. The van der Waals surface area contributed by atoms with Crippen LogP contribution in [-0.2, 0) is 17.7 Å². The number of urea groups is 1. The molecule has 8 heteroatoms. The molecule has 0 spiro atoms. The van der Waals surface area contributed by atoms with Crippen LogP contribution in [0.3, 0.4) is 0 Å². The van der Waals surface area contributed by atoms with Crippen LogP contribution in [0.25, 0.3) is 11.4 Å². The highest BCUT2D eigenvalue weighted by atomic mass is 16.5. The monoisotopic (exact) mass is 382 g/mol. The summed E-state index contributed by atoms with van der Waals surface area (Å²) in [7, 11) is 3.72. The number of anilines is 2. The van der Waals surface area contributed by atoms with E-state index in [9.17, 15) is 4.79 Å². The van der Waals surface area contributed by atoms with E-state index < -0.39 is 0 Å². The van der Waals surface area contributed by atoms with Crippen molar-refractivity contribution >= 4 is 17.5 Å². The minimum absolute atomic E-state index is 0.240. The molecule has 0 saturated carbocycles. The smallest absolute Gasteiger partial charge is 0.318 e. The molecule has 2 aliphatic heterocycles. The minimum atomic E-state index is -0.240. The third-order valence-electron chi connectivity index (χ3n) is 5.17. The molecule has 2 N–H and O–H groups in total. The summed E-state index contributed by atoms with van der Waals surface area (Å²) in [5.74, 6) is 1.77. The molecule has 0 aliphatic carbocycles. The zero-order valence-corrected chi connectivity index (χ0v) is 16.4. The van der Waals surface area contributed by atoms with E-state index >= 15 is 0 Å². The van der Waals surface area contributed by atoms with Gasteiger partial charge in [-0.2, -0.15) is 0 Å². The molecule has 1 aromatic heterocycles. The lowest BCUT2D eigenvalue weighted by atomic mass is 10.0. The van der Waals surface area contributed by atoms with Crippen molar-refractivity contribution in [2.75, 3.05) is 57.2 Å². The molecule has 4 rings (SSSR count). The Morgan fingerprint density at radius 1 is 1.11 bits per heavy atom. The number of likely N-dealkylation sites (N-methyl/N-ethyl adjacent to an activating group) is 1. The second-order valence-electron chi connectivity index (χ2n) is 7.16. The molecular formula is C20H26N6O2. The summed E-state index contributed by atoms with van der Waals surface area (Å²) >= 11 is 0. The number of carbonyl (C=O) groups excluding carboxylic acids is 1. The van der Waals surface area contributed by atoms with E-state index in [1.54, 1.807) is 7.05 Å². The fraction of sp³-hybridized carbons (Fsp3) is 0.450. The molecule has 0 unspecified atom stereocenters. The quantitative estimate of drug-likeness (QED) is 0.841. The van der Waals surface area contributed by atoms with Crippen LogP contribution in [0.5, 0.6) is 0 Å². The largest absolute Gasteiger partial charge is 0.378 e. The summed E-state index contributed by atoms with van der Waals surface area (Å²) in [5, 5.41) is 5.32. The maximum Gasteiger partial charge on any atom is 0.318 e. The van der Waals surface area contributed by atoms with E-state index in [0.29, 0.717) is 0 Å². The Balaban J connectivity index is 1.68. The van der Waals surface area contributed by atoms with E-state index in [0.717, 1.165) is 74.4 Å². The van der Waals surface area contributed by atoms with Gasteiger partial charge in [-0.15, -0.1) is 0 Å². The number of hydrogen-bond acceptors (Lipinski definition) is 6. The van der Waals surface area contributed by atoms with Crippen LogP contribution in [0.15, 0.2) is 24.3 Å². The lowest BCUT2D eigenvalue weighted by Crippen LogP contribution is -2.39. The van der Waals surface area contributed by atoms with Crippen molar-refractivity contribution in [2.45, 2.75) is 13.0 Å². The fourth-order valence-corrected chi connectivity index (χ4v) is 3.60. The molecule has 148 valence electrons. The normalized spacial score (nSPS) is 17.1. The van der Waals surface area contributed by atoms with Gasteiger partial charge in [-0.1, -0.05) is 0 Å². The summed E-state index contributed by atoms with van der Waals surface area (Å²) in [5.41, 5.74) is 4.04. The van der Waals surface area contributed by atoms with Crippen molar-refractivity contribution in [3.8, 4) is 11.4 Å². The number of nitrogens with one attached hydrogen (secondary N) is 2. The zero-order chi connectivity index (χ0) is 19.5. The minimum Gasteiger partial charge on any atom is -0.378 e. The van der Waals surface area contributed by atoms with Crippen LogP contribution >= 0.6 is 0 Å². The first-order chi connectivity index (χ1) is 13.6. The van der Waals surface area contributed by atoms with Crippen LogP contribution in [-0.4, -0.2) is 67.8 Å². The molecule has 2 aromatic rings. The Hall–Kier alpha value is -2.71. The molecule has 0 bridgehead atoms. The number of hydrogen-bond donors (Lipinski definition) is 2. The number of carbonyl (C=O) groups is 1. The number of amides is 2. The Bertz CT molecular complexity index is 849. The Morgan fingerprint density at radius 3 is 2.57 bits per heavy atom. The van der Waals surface area contributed by atoms with Gasteiger partial charge in [0.05, 0.1) is 18.9 Å². The maximum atomic E-state index is 11.5. The number of aromatic nitrogens is 2. The number of rotatable bonds is 3. The van der Waals surface area contributed by atoms with E-state index in [1.807, 2.05) is 24.3 Å². The molecule has 0 atom stereocenters. The van der Waals surface area contributed by atoms with Gasteiger partial charge in [0, 0.05) is 50.0 Å². The predicted molar refractivity (Wildman–Crippen MR) is 109 cm³/mol. The highest BCUT2D eigenvalue weighted by molar-refractivity contribution is 5.89. The molecule has 28 heavy (non-hydrogen) atoms. The molecular weight excluding hydrogens is 356 g/mol. The second kappa shape index (κ2) is 8.12. The van der Waals surface area contributed by atoms with Crippen LogP contribution < -0.4 is 15.5 Å². The van der Waals surface area contributed by atoms with Crippen molar-refractivity contribution in [2.24, 2.45) is 0 Å². The zero-order valence-electron chi connectivity index (χ0n) is 16.4. The van der Waals surface area contributed by atoms with Gasteiger partial charge in [0.2, 0.25) is 0 Å². The molecule has 2 amide bonds. The molecule has 8 nitrogen and oxygen atoms in total. The van der Waals surface area contributed by atoms with E-state index in [4.69, 9.17) is 14.7 Å². The number of ether oxygens (including phenoxy) is 1. The number of benzene rings is 1. The topological polar surface area (TPSA) is 82.6 Å². The van der Waals surface area contributed by atoms with Crippen LogP contribution in [0.1, 0.15) is 11.3 Å². The fourth-order valence-electron chi connectivity index (χ4n) is 3.60. The van der Waals surface area contributed by atoms with E-state index in [2.05, 4.69) is 27.5 Å². The lowest BCUT2D eigenvalue weighted by Gasteiger charge is -2.33. The standard InChI is InChI=1S/C20H26N6O2/c1-21-20(27)22-15-5-3-14(4-6-15)18-23-17-13-25(2)8-7-16(17)19(24-18)26-9-11-28-12-10-26/h3-6H,7-13H2,1-2H3,(H2,21,22,27). The van der Waals surface area contributed by atoms with Gasteiger partial charge in [-0.3, -0.25) is 0 Å². The molecule has 0 radical (unpaired) electrons. The van der Waals surface area contributed by atoms with E-state index in [1.165, 1.54) is 5.56 Å². The summed E-state index contributed by atoms with van der Waals surface area (Å²) < 4.78 is 5.52. The highest BCUT2D eigenvalue weighted by Crippen LogP contribution is 2.30. The van der Waals surface area contributed by atoms with Gasteiger partial charge in [0.15, 0.2) is 5.82 Å². The van der Waals surface area contributed by atoms with Gasteiger partial charge < -0.3 is 25.2 Å². The summed E-state index contributed by atoms with van der Waals surface area (Å²) in [6.07, 6.45) is 0.966. The van der Waals surface area contributed by atoms with Gasteiger partial charge in [-0.25, -0.2) is 14.8 Å². The molecule has 1 fully saturated rings. The van der Waals surface area contributed by atoms with Crippen molar-refractivity contribution in [3.63, 3.8) is 0 Å². The summed E-state index contributed by atoms with van der Waals surface area (Å²) in [6.45, 7) is 5.02. The van der Waals surface area contributed by atoms with Gasteiger partial charge >= 0.3 is 6.03 Å². The van der Waals surface area contributed by atoms with Crippen molar-refractivity contribution in [3.05, 3.63) is 35.5 Å². The third-order valence-corrected chi connectivity index (χ3v) is 5.17. The molecule has 1 aromatic carbocycles. The van der Waals surface area contributed by atoms with Crippen LogP contribution in [0, 0.1) is 0 Å². The molecule has 3 heterocycles. The Kier molecular flexibility index (Phi) is 5.40. The van der Waals surface area contributed by atoms with Crippen molar-refractivity contribution in [1.82, 2.24) is 20.2 Å². The van der Waals surface area contributed by atoms with E-state index in [-0.39, 0.29) is 6.03 Å². The number of morpholine rings is 1. The first-order valence-corrected chi connectivity index (χ1v) is 9.64. The lowest BCUT2D eigenvalue weighted by molar-refractivity contribution is 0.122.